The number of rotatable bonds is 6. The molecule has 0 unspecified atom stereocenters. The molecule has 1 aromatic carbocycles. The second kappa shape index (κ2) is 7.26. The van der Waals surface area contributed by atoms with Gasteiger partial charge in [0.25, 0.3) is 5.91 Å². The van der Waals surface area contributed by atoms with Gasteiger partial charge in [-0.05, 0) is 24.1 Å². The van der Waals surface area contributed by atoms with E-state index in [-0.39, 0.29) is 29.8 Å². The topological polar surface area (TPSA) is 103 Å². The van der Waals surface area contributed by atoms with Crippen molar-refractivity contribution < 1.29 is 18.3 Å². The Balaban J connectivity index is 1.80. The van der Waals surface area contributed by atoms with Crippen LogP contribution in [0.5, 0.6) is 5.75 Å². The Morgan fingerprint density at radius 1 is 1.19 bits per heavy atom. The number of halogens is 2. The van der Waals surface area contributed by atoms with Crippen molar-refractivity contribution in [1.29, 1.82) is 0 Å². The van der Waals surface area contributed by atoms with Crippen LogP contribution in [-0.2, 0) is 6.42 Å². The minimum Gasteiger partial charge on any atom is -0.494 e. The summed E-state index contributed by atoms with van der Waals surface area (Å²) in [5.41, 5.74) is 6.43. The highest BCUT2D eigenvalue weighted by Gasteiger charge is 2.13. The van der Waals surface area contributed by atoms with E-state index in [2.05, 4.69) is 20.3 Å². The van der Waals surface area contributed by atoms with Crippen molar-refractivity contribution in [3.63, 3.8) is 0 Å². The third-order valence-electron chi connectivity index (χ3n) is 3.80. The van der Waals surface area contributed by atoms with Gasteiger partial charge in [0.1, 0.15) is 23.2 Å². The molecule has 0 radical (unpaired) electrons. The summed E-state index contributed by atoms with van der Waals surface area (Å²) in [5, 5.41) is 2.99. The summed E-state index contributed by atoms with van der Waals surface area (Å²) in [6.45, 7) is 0.261. The molecule has 0 saturated carbocycles. The number of primary amides is 1. The highest BCUT2D eigenvalue weighted by molar-refractivity contribution is 6.05. The molecule has 0 aliphatic carbocycles. The molecule has 1 amide bonds. The van der Waals surface area contributed by atoms with Gasteiger partial charge in [-0.1, -0.05) is 0 Å². The summed E-state index contributed by atoms with van der Waals surface area (Å²) in [6.07, 6.45) is 2.90. The average molecular weight is 359 g/mol. The van der Waals surface area contributed by atoms with Crippen LogP contribution in [0.25, 0.3) is 11.0 Å². The molecule has 3 aromatic rings. The molecule has 0 fully saturated rings. The van der Waals surface area contributed by atoms with Gasteiger partial charge in [0.05, 0.1) is 12.7 Å². The summed E-state index contributed by atoms with van der Waals surface area (Å²) in [6, 6.07) is 3.57. The van der Waals surface area contributed by atoms with Crippen LogP contribution >= 0.6 is 0 Å². The first-order chi connectivity index (χ1) is 12.5. The number of carbonyl (C=O) groups is 1. The highest BCUT2D eigenvalue weighted by atomic mass is 19.1. The number of methoxy groups -OCH3 is 1. The van der Waals surface area contributed by atoms with Crippen LogP contribution in [0.15, 0.2) is 30.7 Å². The summed E-state index contributed by atoms with van der Waals surface area (Å²) < 4.78 is 32.4. The van der Waals surface area contributed by atoms with Crippen LogP contribution in [0.1, 0.15) is 15.9 Å². The molecule has 9 heteroatoms. The first kappa shape index (κ1) is 17.5. The second-order valence-corrected chi connectivity index (χ2v) is 5.40. The Morgan fingerprint density at radius 3 is 2.73 bits per heavy atom. The van der Waals surface area contributed by atoms with Gasteiger partial charge in [0.2, 0.25) is 0 Å². The predicted molar refractivity (Wildman–Crippen MR) is 91.0 cm³/mol. The van der Waals surface area contributed by atoms with E-state index in [1.54, 1.807) is 0 Å². The minimum absolute atomic E-state index is 0.149. The largest absolute Gasteiger partial charge is 0.494 e. The number of hydrogen-bond acceptors (Lipinski definition) is 6. The lowest BCUT2D eigenvalue weighted by molar-refractivity contribution is 0.100. The molecule has 0 bridgehead atoms. The third kappa shape index (κ3) is 3.37. The number of nitrogens with two attached hydrogens (primary N) is 1. The lowest BCUT2D eigenvalue weighted by Crippen LogP contribution is -2.14. The lowest BCUT2D eigenvalue weighted by atomic mass is 10.1. The molecule has 3 rings (SSSR count). The number of fused-ring (bicyclic) bond motifs is 1. The summed E-state index contributed by atoms with van der Waals surface area (Å²) >= 11 is 0. The third-order valence-corrected chi connectivity index (χ3v) is 3.80. The maximum Gasteiger partial charge on any atom is 0.251 e. The zero-order valence-corrected chi connectivity index (χ0v) is 13.8. The fraction of sp³-hybridized carbons (Fsp3) is 0.176. The van der Waals surface area contributed by atoms with Gasteiger partial charge in [0.15, 0.2) is 17.4 Å². The van der Waals surface area contributed by atoms with Crippen LogP contribution in [0.3, 0.4) is 0 Å². The van der Waals surface area contributed by atoms with Gasteiger partial charge >= 0.3 is 0 Å². The quantitative estimate of drug-likeness (QED) is 0.698. The molecule has 0 spiro atoms. The highest BCUT2D eigenvalue weighted by Crippen LogP contribution is 2.22. The molecule has 134 valence electrons. The maximum absolute atomic E-state index is 14.0. The predicted octanol–water partition coefficient (Wildman–Crippen LogP) is 2.07. The van der Waals surface area contributed by atoms with Crippen LogP contribution in [0.4, 0.5) is 14.6 Å². The number of amides is 1. The number of carbonyl (C=O) groups excluding carboxylic acids is 1. The Labute approximate surface area is 147 Å². The van der Waals surface area contributed by atoms with Crippen molar-refractivity contribution in [3.8, 4) is 5.75 Å². The van der Waals surface area contributed by atoms with Crippen molar-refractivity contribution in [2.75, 3.05) is 19.0 Å². The fourth-order valence-electron chi connectivity index (χ4n) is 2.52. The van der Waals surface area contributed by atoms with E-state index in [1.165, 1.54) is 25.7 Å². The zero-order valence-electron chi connectivity index (χ0n) is 13.8. The molecule has 0 atom stereocenters. The van der Waals surface area contributed by atoms with E-state index < -0.39 is 17.5 Å². The maximum atomic E-state index is 14.0. The summed E-state index contributed by atoms with van der Waals surface area (Å²) in [7, 11) is 1.27. The first-order valence-electron chi connectivity index (χ1n) is 7.66. The van der Waals surface area contributed by atoms with Crippen LogP contribution in [-0.4, -0.2) is 34.5 Å². The van der Waals surface area contributed by atoms with E-state index in [0.717, 1.165) is 12.1 Å². The molecule has 0 aliphatic rings. The van der Waals surface area contributed by atoms with E-state index in [9.17, 15) is 13.6 Å². The smallest absolute Gasteiger partial charge is 0.251 e. The Morgan fingerprint density at radius 2 is 2.00 bits per heavy atom. The summed E-state index contributed by atoms with van der Waals surface area (Å²) in [5.74, 6) is -1.61. The number of ether oxygens (including phenoxy) is 1. The number of benzene rings is 1. The fourth-order valence-corrected chi connectivity index (χ4v) is 2.52. The van der Waals surface area contributed by atoms with Crippen LogP contribution in [0.2, 0.25) is 0 Å². The molecule has 26 heavy (non-hydrogen) atoms. The standard InChI is InChI=1S/C17H15F2N5O2/c1-26-13-7-11(18)9(6-12(13)19)2-4-22-17-15-14(23-8-24-17)10(16(20)25)3-5-21-15/h3,5-8H,2,4H2,1H3,(H2,20,25)(H,22,23,24). The van der Waals surface area contributed by atoms with Gasteiger partial charge in [0, 0.05) is 18.8 Å². The monoisotopic (exact) mass is 359 g/mol. The number of nitrogens with one attached hydrogen (secondary N) is 1. The van der Waals surface area contributed by atoms with Gasteiger partial charge in [-0.3, -0.25) is 9.78 Å². The molecular weight excluding hydrogens is 344 g/mol. The number of aromatic nitrogens is 3. The van der Waals surface area contributed by atoms with E-state index >= 15 is 0 Å². The van der Waals surface area contributed by atoms with E-state index in [1.807, 2.05) is 0 Å². The van der Waals surface area contributed by atoms with Crippen LogP contribution < -0.4 is 15.8 Å². The molecular formula is C17H15F2N5O2. The number of hydrogen-bond donors (Lipinski definition) is 2. The van der Waals surface area contributed by atoms with Crippen molar-refractivity contribution in [2.45, 2.75) is 6.42 Å². The molecule has 7 nitrogen and oxygen atoms in total. The zero-order chi connectivity index (χ0) is 18.7. The van der Waals surface area contributed by atoms with Gasteiger partial charge in [-0.2, -0.15) is 0 Å². The number of anilines is 1. The van der Waals surface area contributed by atoms with E-state index in [0.29, 0.717) is 16.9 Å². The second-order valence-electron chi connectivity index (χ2n) is 5.40. The number of nitrogens with zero attached hydrogens (tertiary/aromatic N) is 3. The van der Waals surface area contributed by atoms with Crippen molar-refractivity contribution in [3.05, 3.63) is 53.5 Å². The van der Waals surface area contributed by atoms with Gasteiger partial charge < -0.3 is 15.8 Å². The van der Waals surface area contributed by atoms with Crippen molar-refractivity contribution >= 4 is 22.8 Å². The molecule has 2 aromatic heterocycles. The normalized spacial score (nSPS) is 10.7. The Hall–Kier alpha value is -3.36. The molecule has 2 heterocycles. The minimum atomic E-state index is -0.635. The Bertz CT molecular complexity index is 981. The molecule has 3 N–H and O–H groups in total. The van der Waals surface area contributed by atoms with Crippen molar-refractivity contribution in [2.24, 2.45) is 5.73 Å². The lowest BCUT2D eigenvalue weighted by Gasteiger charge is -2.10. The van der Waals surface area contributed by atoms with Gasteiger partial charge in [-0.25, -0.2) is 18.7 Å². The van der Waals surface area contributed by atoms with Crippen molar-refractivity contribution in [1.82, 2.24) is 15.0 Å². The Kier molecular flexibility index (Phi) is 4.87. The van der Waals surface area contributed by atoms with E-state index in [4.69, 9.17) is 10.5 Å². The van der Waals surface area contributed by atoms with Gasteiger partial charge in [-0.15, -0.1) is 0 Å². The SMILES string of the molecule is COc1cc(F)c(CCNc2ncnc3c(C(N)=O)ccnc23)cc1F. The first-order valence-corrected chi connectivity index (χ1v) is 7.66. The molecule has 0 saturated heterocycles. The average Bonchev–Trinajstić information content (AvgIpc) is 2.63. The number of pyridine rings is 1. The summed E-state index contributed by atoms with van der Waals surface area (Å²) in [4.78, 5) is 23.7. The van der Waals surface area contributed by atoms with Crippen LogP contribution in [0, 0.1) is 11.6 Å². The molecule has 0 aliphatic heterocycles.